The van der Waals surface area contributed by atoms with E-state index in [4.69, 9.17) is 15.2 Å². The molecule has 1 amide bonds. The molecule has 0 saturated heterocycles. The Bertz CT molecular complexity index is 578. The van der Waals surface area contributed by atoms with Crippen LogP contribution in [0.4, 0.5) is 0 Å². The summed E-state index contributed by atoms with van der Waals surface area (Å²) in [5.74, 6) is 1.60. The Labute approximate surface area is 157 Å². The van der Waals surface area contributed by atoms with E-state index in [9.17, 15) is 4.79 Å². The Morgan fingerprint density at radius 1 is 1.16 bits per heavy atom. The van der Waals surface area contributed by atoms with E-state index in [1.807, 2.05) is 32.0 Å². The second-order valence-electron chi connectivity index (χ2n) is 7.12. The maximum Gasteiger partial charge on any atom is 0.227 e. The summed E-state index contributed by atoms with van der Waals surface area (Å²) in [5.41, 5.74) is 6.29. The number of amides is 1. The SMILES string of the molecule is CCC(CC)(CN)C(=O)NCC(C)(C)c1ccc2c(c1)OCCO2.Cl. The van der Waals surface area contributed by atoms with E-state index in [0.717, 1.165) is 29.9 Å². The molecule has 2 rings (SSSR count). The van der Waals surface area contributed by atoms with Gasteiger partial charge in [-0.2, -0.15) is 0 Å². The predicted molar refractivity (Wildman–Crippen MR) is 103 cm³/mol. The van der Waals surface area contributed by atoms with Crippen LogP contribution in [0.5, 0.6) is 11.5 Å². The van der Waals surface area contributed by atoms with Gasteiger partial charge in [0.05, 0.1) is 5.41 Å². The Kier molecular flexibility index (Phi) is 7.57. The number of carbonyl (C=O) groups is 1. The molecular weight excluding hydrogens is 340 g/mol. The molecule has 0 bridgehead atoms. The van der Waals surface area contributed by atoms with Crippen molar-refractivity contribution in [1.29, 1.82) is 0 Å². The first-order valence-corrected chi connectivity index (χ1v) is 8.77. The smallest absolute Gasteiger partial charge is 0.227 e. The quantitative estimate of drug-likeness (QED) is 0.773. The molecule has 1 aliphatic rings. The minimum Gasteiger partial charge on any atom is -0.486 e. The van der Waals surface area contributed by atoms with Gasteiger partial charge in [-0.15, -0.1) is 12.4 Å². The lowest BCUT2D eigenvalue weighted by Crippen LogP contribution is -2.48. The van der Waals surface area contributed by atoms with Crippen LogP contribution in [0.3, 0.4) is 0 Å². The average Bonchev–Trinajstić information content (AvgIpc) is 2.61. The van der Waals surface area contributed by atoms with Gasteiger partial charge in [-0.05, 0) is 30.5 Å². The maximum atomic E-state index is 12.6. The Morgan fingerprint density at radius 3 is 2.32 bits per heavy atom. The van der Waals surface area contributed by atoms with E-state index in [-0.39, 0.29) is 23.7 Å². The second-order valence-corrected chi connectivity index (χ2v) is 7.12. The Balaban J connectivity index is 0.00000312. The zero-order chi connectivity index (χ0) is 17.8. The molecule has 1 aromatic rings. The van der Waals surface area contributed by atoms with Crippen molar-refractivity contribution in [1.82, 2.24) is 5.32 Å². The molecule has 5 nitrogen and oxygen atoms in total. The van der Waals surface area contributed by atoms with Crippen LogP contribution in [-0.4, -0.2) is 32.2 Å². The van der Waals surface area contributed by atoms with Crippen LogP contribution >= 0.6 is 12.4 Å². The first-order chi connectivity index (χ1) is 11.4. The molecular formula is C19H31ClN2O3. The van der Waals surface area contributed by atoms with Gasteiger partial charge < -0.3 is 20.5 Å². The van der Waals surface area contributed by atoms with Gasteiger partial charge in [-0.25, -0.2) is 0 Å². The highest BCUT2D eigenvalue weighted by molar-refractivity contribution is 5.85. The predicted octanol–water partition coefficient (Wildman–Crippen LogP) is 3.04. The molecule has 0 aromatic heterocycles. The number of benzene rings is 1. The number of carbonyl (C=O) groups excluding carboxylic acids is 1. The van der Waals surface area contributed by atoms with Gasteiger partial charge in [-0.3, -0.25) is 4.79 Å². The summed E-state index contributed by atoms with van der Waals surface area (Å²) >= 11 is 0. The molecule has 142 valence electrons. The summed E-state index contributed by atoms with van der Waals surface area (Å²) in [6.45, 7) is 10.3. The molecule has 6 heteroatoms. The number of nitrogens with one attached hydrogen (secondary N) is 1. The van der Waals surface area contributed by atoms with Crippen LogP contribution in [0.2, 0.25) is 0 Å². The van der Waals surface area contributed by atoms with Gasteiger partial charge >= 0.3 is 0 Å². The minimum absolute atomic E-state index is 0. The monoisotopic (exact) mass is 370 g/mol. The number of rotatable bonds is 7. The van der Waals surface area contributed by atoms with Crippen molar-refractivity contribution in [3.05, 3.63) is 23.8 Å². The van der Waals surface area contributed by atoms with E-state index in [2.05, 4.69) is 19.2 Å². The molecule has 0 fully saturated rings. The maximum absolute atomic E-state index is 12.6. The van der Waals surface area contributed by atoms with Crippen LogP contribution in [0.15, 0.2) is 18.2 Å². The topological polar surface area (TPSA) is 73.6 Å². The molecule has 0 radical (unpaired) electrons. The fourth-order valence-corrected chi connectivity index (χ4v) is 3.01. The first kappa shape index (κ1) is 21.6. The van der Waals surface area contributed by atoms with Gasteiger partial charge in [0, 0.05) is 18.5 Å². The van der Waals surface area contributed by atoms with Gasteiger partial charge in [0.15, 0.2) is 11.5 Å². The highest BCUT2D eigenvalue weighted by atomic mass is 35.5. The zero-order valence-corrected chi connectivity index (χ0v) is 16.5. The van der Waals surface area contributed by atoms with Gasteiger partial charge in [0.25, 0.3) is 0 Å². The highest BCUT2D eigenvalue weighted by Gasteiger charge is 2.34. The molecule has 0 spiro atoms. The Hall–Kier alpha value is -1.46. The number of fused-ring (bicyclic) bond motifs is 1. The number of nitrogens with two attached hydrogens (primary N) is 1. The van der Waals surface area contributed by atoms with Crippen molar-refractivity contribution in [2.45, 2.75) is 46.0 Å². The van der Waals surface area contributed by atoms with E-state index in [1.54, 1.807) is 0 Å². The molecule has 0 unspecified atom stereocenters. The van der Waals surface area contributed by atoms with E-state index >= 15 is 0 Å². The van der Waals surface area contributed by atoms with Crippen molar-refractivity contribution >= 4 is 18.3 Å². The van der Waals surface area contributed by atoms with Gasteiger partial charge in [0.1, 0.15) is 13.2 Å². The number of hydrogen-bond donors (Lipinski definition) is 2. The van der Waals surface area contributed by atoms with Gasteiger partial charge in [0.2, 0.25) is 5.91 Å². The lowest BCUT2D eigenvalue weighted by atomic mass is 9.80. The number of halogens is 1. The largest absolute Gasteiger partial charge is 0.486 e. The number of hydrogen-bond acceptors (Lipinski definition) is 4. The van der Waals surface area contributed by atoms with Crippen LogP contribution in [0, 0.1) is 5.41 Å². The van der Waals surface area contributed by atoms with Crippen molar-refractivity contribution in [2.24, 2.45) is 11.1 Å². The molecule has 0 saturated carbocycles. The standard InChI is InChI=1S/C19H30N2O3.ClH/c1-5-19(6-2,12-20)17(22)21-13-18(3,4)14-7-8-15-16(11-14)24-10-9-23-15;/h7-8,11H,5-6,9-10,12-13,20H2,1-4H3,(H,21,22);1H. The number of ether oxygens (including phenoxy) is 2. The normalized spacial score (nSPS) is 13.8. The summed E-state index contributed by atoms with van der Waals surface area (Å²) in [6.07, 6.45) is 1.49. The molecule has 3 N–H and O–H groups in total. The third-order valence-corrected chi connectivity index (χ3v) is 5.24. The molecule has 1 aliphatic heterocycles. The third-order valence-electron chi connectivity index (χ3n) is 5.24. The molecule has 25 heavy (non-hydrogen) atoms. The Morgan fingerprint density at radius 2 is 1.76 bits per heavy atom. The lowest BCUT2D eigenvalue weighted by molar-refractivity contribution is -0.131. The van der Waals surface area contributed by atoms with Crippen LogP contribution in [0.25, 0.3) is 0 Å². The average molecular weight is 371 g/mol. The lowest BCUT2D eigenvalue weighted by Gasteiger charge is -2.32. The summed E-state index contributed by atoms with van der Waals surface area (Å²) in [6, 6.07) is 5.99. The van der Waals surface area contributed by atoms with E-state index in [1.165, 1.54) is 0 Å². The molecule has 1 aromatic carbocycles. The van der Waals surface area contributed by atoms with Crippen LogP contribution < -0.4 is 20.5 Å². The van der Waals surface area contributed by atoms with Crippen molar-refractivity contribution in [3.63, 3.8) is 0 Å². The van der Waals surface area contributed by atoms with Gasteiger partial charge in [-0.1, -0.05) is 33.8 Å². The minimum atomic E-state index is -0.469. The highest BCUT2D eigenvalue weighted by Crippen LogP contribution is 2.35. The van der Waals surface area contributed by atoms with E-state index < -0.39 is 5.41 Å². The van der Waals surface area contributed by atoms with E-state index in [0.29, 0.717) is 26.3 Å². The fraction of sp³-hybridized carbons (Fsp3) is 0.632. The fourth-order valence-electron chi connectivity index (χ4n) is 3.01. The van der Waals surface area contributed by atoms with Crippen molar-refractivity contribution < 1.29 is 14.3 Å². The first-order valence-electron chi connectivity index (χ1n) is 8.77. The summed E-state index contributed by atoms with van der Waals surface area (Å²) in [4.78, 5) is 12.6. The van der Waals surface area contributed by atoms with Crippen LogP contribution in [0.1, 0.15) is 46.1 Å². The molecule has 0 aliphatic carbocycles. The second kappa shape index (κ2) is 8.77. The zero-order valence-electron chi connectivity index (χ0n) is 15.7. The molecule has 1 heterocycles. The molecule has 0 atom stereocenters. The third kappa shape index (κ3) is 4.59. The summed E-state index contributed by atoms with van der Waals surface area (Å²) < 4.78 is 11.2. The summed E-state index contributed by atoms with van der Waals surface area (Å²) in [5, 5.41) is 3.10. The van der Waals surface area contributed by atoms with Crippen molar-refractivity contribution in [3.8, 4) is 11.5 Å². The summed E-state index contributed by atoms with van der Waals surface area (Å²) in [7, 11) is 0. The van der Waals surface area contributed by atoms with Crippen LogP contribution in [-0.2, 0) is 10.2 Å². The van der Waals surface area contributed by atoms with Crippen molar-refractivity contribution in [2.75, 3.05) is 26.3 Å².